The number of nitrogens with zero attached hydrogens (tertiary/aromatic N) is 2. The minimum Gasteiger partial charge on any atom is -0.497 e. The number of ether oxygens (including phenoxy) is 2. The summed E-state index contributed by atoms with van der Waals surface area (Å²) in [6.45, 7) is 9.35. The fourth-order valence-corrected chi connectivity index (χ4v) is 2.86. The van der Waals surface area contributed by atoms with Gasteiger partial charge in [-0.1, -0.05) is 26.0 Å². The average Bonchev–Trinajstić information content (AvgIpc) is 2.91. The topological polar surface area (TPSA) is 64.2 Å². The molecular formula is C22H26N2O3. The zero-order valence-electron chi connectivity index (χ0n) is 16.6. The second-order valence-corrected chi connectivity index (χ2v) is 6.92. The molecule has 0 atom stereocenters. The van der Waals surface area contributed by atoms with Crippen LogP contribution in [0.5, 0.6) is 5.75 Å². The highest BCUT2D eigenvalue weighted by Gasteiger charge is 2.14. The lowest BCUT2D eigenvalue weighted by atomic mass is 10.1. The van der Waals surface area contributed by atoms with E-state index in [1.54, 1.807) is 25.3 Å². The molecule has 2 aromatic rings. The quantitative estimate of drug-likeness (QED) is 0.413. The maximum Gasteiger partial charge on any atom is 0.349 e. The number of rotatable bonds is 7. The highest BCUT2D eigenvalue weighted by Crippen LogP contribution is 2.20. The van der Waals surface area contributed by atoms with Crippen molar-refractivity contribution < 1.29 is 14.3 Å². The Labute approximate surface area is 160 Å². The molecule has 2 rings (SSSR count). The number of benzene rings is 1. The first-order chi connectivity index (χ1) is 12.8. The van der Waals surface area contributed by atoms with Gasteiger partial charge in [-0.05, 0) is 55.2 Å². The summed E-state index contributed by atoms with van der Waals surface area (Å²) in [5.74, 6) is 0.623. The van der Waals surface area contributed by atoms with E-state index in [4.69, 9.17) is 9.47 Å². The van der Waals surface area contributed by atoms with Crippen LogP contribution in [0.4, 0.5) is 0 Å². The third-order valence-electron chi connectivity index (χ3n) is 4.33. The van der Waals surface area contributed by atoms with Crippen molar-refractivity contribution in [2.75, 3.05) is 7.11 Å². The Bertz CT molecular complexity index is 868. The van der Waals surface area contributed by atoms with Crippen molar-refractivity contribution >= 4 is 12.0 Å². The van der Waals surface area contributed by atoms with Crippen LogP contribution < -0.4 is 4.74 Å². The number of hydrogen-bond donors (Lipinski definition) is 0. The molecule has 142 valence electrons. The third kappa shape index (κ3) is 5.24. The molecule has 0 saturated carbocycles. The largest absolute Gasteiger partial charge is 0.497 e. The van der Waals surface area contributed by atoms with Crippen LogP contribution in [-0.4, -0.2) is 17.6 Å². The molecule has 5 nitrogen and oxygen atoms in total. The molecule has 0 aliphatic rings. The van der Waals surface area contributed by atoms with Gasteiger partial charge in [0.05, 0.1) is 7.11 Å². The van der Waals surface area contributed by atoms with Gasteiger partial charge in [0.25, 0.3) is 0 Å². The van der Waals surface area contributed by atoms with Crippen LogP contribution in [0.3, 0.4) is 0 Å². The molecule has 1 aromatic carbocycles. The predicted molar refractivity (Wildman–Crippen MR) is 105 cm³/mol. The Morgan fingerprint density at radius 2 is 1.93 bits per heavy atom. The van der Waals surface area contributed by atoms with E-state index in [2.05, 4.69) is 18.4 Å². The van der Waals surface area contributed by atoms with Crippen LogP contribution in [0.2, 0.25) is 0 Å². The molecule has 0 amide bonds. The van der Waals surface area contributed by atoms with Crippen LogP contribution >= 0.6 is 0 Å². The van der Waals surface area contributed by atoms with Gasteiger partial charge >= 0.3 is 5.97 Å². The highest BCUT2D eigenvalue weighted by atomic mass is 16.5. The molecule has 0 aliphatic carbocycles. The zero-order chi connectivity index (χ0) is 20.0. The van der Waals surface area contributed by atoms with Gasteiger partial charge in [-0.2, -0.15) is 5.26 Å². The fraction of sp³-hybridized carbons (Fsp3) is 0.364. The molecule has 1 aromatic heterocycles. The average molecular weight is 366 g/mol. The smallest absolute Gasteiger partial charge is 0.349 e. The van der Waals surface area contributed by atoms with E-state index < -0.39 is 5.97 Å². The van der Waals surface area contributed by atoms with E-state index in [1.807, 2.05) is 38.1 Å². The van der Waals surface area contributed by atoms with Crippen molar-refractivity contribution in [1.29, 1.82) is 5.26 Å². The first kappa shape index (κ1) is 20.3. The standard InChI is InChI=1S/C22H26N2O3/c1-15(2)13-24-16(3)10-19(17(24)4)11-20(12-23)22(25)27-14-18-6-8-21(26-5)9-7-18/h6-11,15H,13-14H2,1-5H3/b20-11+. The Kier molecular flexibility index (Phi) is 6.84. The molecule has 0 bridgehead atoms. The van der Waals surface area contributed by atoms with Crippen LogP contribution in [0.25, 0.3) is 6.08 Å². The number of nitriles is 1. The summed E-state index contributed by atoms with van der Waals surface area (Å²) in [7, 11) is 1.59. The Balaban J connectivity index is 2.13. The summed E-state index contributed by atoms with van der Waals surface area (Å²) in [4.78, 5) is 12.3. The van der Waals surface area contributed by atoms with Gasteiger partial charge in [0.2, 0.25) is 0 Å². The monoisotopic (exact) mass is 366 g/mol. The minimum atomic E-state index is -0.623. The SMILES string of the molecule is COc1ccc(COC(=O)/C(C#N)=C/c2cc(C)n(CC(C)C)c2C)cc1. The van der Waals surface area contributed by atoms with Gasteiger partial charge in [0.15, 0.2) is 0 Å². The maximum absolute atomic E-state index is 12.3. The van der Waals surface area contributed by atoms with Gasteiger partial charge in [-0.3, -0.25) is 0 Å². The molecule has 1 heterocycles. The van der Waals surface area contributed by atoms with Crippen molar-refractivity contribution in [2.24, 2.45) is 5.92 Å². The number of aryl methyl sites for hydroxylation is 1. The summed E-state index contributed by atoms with van der Waals surface area (Å²) in [5, 5.41) is 9.39. The number of carbonyl (C=O) groups is 1. The Hall–Kier alpha value is -3.00. The van der Waals surface area contributed by atoms with Crippen molar-refractivity contribution in [3.05, 3.63) is 58.4 Å². The number of hydrogen-bond acceptors (Lipinski definition) is 4. The van der Waals surface area contributed by atoms with Crippen molar-refractivity contribution in [3.8, 4) is 11.8 Å². The second kappa shape index (κ2) is 9.09. The molecular weight excluding hydrogens is 340 g/mol. The maximum atomic E-state index is 12.3. The van der Waals surface area contributed by atoms with Crippen molar-refractivity contribution in [2.45, 2.75) is 40.8 Å². The van der Waals surface area contributed by atoms with Gasteiger partial charge in [-0.25, -0.2) is 4.79 Å². The van der Waals surface area contributed by atoms with Crippen LogP contribution in [-0.2, 0) is 22.7 Å². The van der Waals surface area contributed by atoms with Gasteiger partial charge in [-0.15, -0.1) is 0 Å². The van der Waals surface area contributed by atoms with Gasteiger partial charge in [0.1, 0.15) is 24.0 Å². The van der Waals surface area contributed by atoms with Crippen molar-refractivity contribution in [1.82, 2.24) is 4.57 Å². The first-order valence-corrected chi connectivity index (χ1v) is 8.94. The lowest BCUT2D eigenvalue weighted by molar-refractivity contribution is -0.139. The van der Waals surface area contributed by atoms with E-state index in [1.165, 1.54) is 0 Å². The van der Waals surface area contributed by atoms with Gasteiger partial charge in [0, 0.05) is 17.9 Å². The van der Waals surface area contributed by atoms with Crippen LogP contribution in [0, 0.1) is 31.1 Å². The molecule has 5 heteroatoms. The van der Waals surface area contributed by atoms with E-state index >= 15 is 0 Å². The summed E-state index contributed by atoms with van der Waals surface area (Å²) < 4.78 is 12.6. The molecule has 0 saturated heterocycles. The predicted octanol–water partition coefficient (Wildman–Crippen LogP) is 4.42. The first-order valence-electron chi connectivity index (χ1n) is 8.94. The molecule has 27 heavy (non-hydrogen) atoms. The number of esters is 1. The lowest BCUT2D eigenvalue weighted by Crippen LogP contribution is -2.08. The second-order valence-electron chi connectivity index (χ2n) is 6.92. The van der Waals surface area contributed by atoms with E-state index in [0.29, 0.717) is 5.92 Å². The van der Waals surface area contributed by atoms with E-state index in [-0.39, 0.29) is 12.2 Å². The minimum absolute atomic E-state index is 0.00620. The number of aromatic nitrogens is 1. The number of carbonyl (C=O) groups excluding carboxylic acids is 1. The summed E-state index contributed by atoms with van der Waals surface area (Å²) in [6.07, 6.45) is 1.61. The molecule has 0 aliphatic heterocycles. The van der Waals surface area contributed by atoms with Crippen molar-refractivity contribution in [3.63, 3.8) is 0 Å². The molecule has 0 unspecified atom stereocenters. The van der Waals surface area contributed by atoms with E-state index in [9.17, 15) is 10.1 Å². The van der Waals surface area contributed by atoms with Crippen LogP contribution in [0.1, 0.15) is 36.4 Å². The summed E-state index contributed by atoms with van der Waals surface area (Å²) in [6, 6.07) is 11.2. The molecule has 0 N–H and O–H groups in total. The zero-order valence-corrected chi connectivity index (χ0v) is 16.6. The van der Waals surface area contributed by atoms with Crippen LogP contribution in [0.15, 0.2) is 35.9 Å². The Morgan fingerprint density at radius 3 is 2.48 bits per heavy atom. The fourth-order valence-electron chi connectivity index (χ4n) is 2.86. The highest BCUT2D eigenvalue weighted by molar-refractivity contribution is 5.98. The molecule has 0 radical (unpaired) electrons. The third-order valence-corrected chi connectivity index (χ3v) is 4.33. The normalized spacial score (nSPS) is 11.4. The number of methoxy groups -OCH3 is 1. The summed E-state index contributed by atoms with van der Waals surface area (Å²) >= 11 is 0. The Morgan fingerprint density at radius 1 is 1.26 bits per heavy atom. The molecule has 0 spiro atoms. The van der Waals surface area contributed by atoms with E-state index in [0.717, 1.165) is 34.8 Å². The molecule has 0 fully saturated rings. The lowest BCUT2D eigenvalue weighted by Gasteiger charge is -2.12. The summed E-state index contributed by atoms with van der Waals surface area (Å²) in [5.41, 5.74) is 3.84. The van der Waals surface area contributed by atoms with Gasteiger partial charge < -0.3 is 14.0 Å².